The van der Waals surface area contributed by atoms with E-state index in [-0.39, 0.29) is 5.88 Å². The summed E-state index contributed by atoms with van der Waals surface area (Å²) in [4.78, 5) is 7.80. The summed E-state index contributed by atoms with van der Waals surface area (Å²) in [6, 6.07) is 6.96. The standard InChI is InChI=1S/C15H18FN3O2/c1-3-9-20-11-5-7-12(8-6-11)21-14-13(16)10-18-15(19-14)17-4-2/h5-8,10H,3-4,9H2,1-2H3,(H,17,18,19). The minimum Gasteiger partial charge on any atom is -0.494 e. The molecule has 1 aromatic heterocycles. The van der Waals surface area contributed by atoms with Gasteiger partial charge in [0.1, 0.15) is 11.5 Å². The van der Waals surface area contributed by atoms with E-state index < -0.39 is 5.82 Å². The summed E-state index contributed by atoms with van der Waals surface area (Å²) in [5, 5.41) is 2.90. The van der Waals surface area contributed by atoms with Gasteiger partial charge in [-0.1, -0.05) is 6.92 Å². The van der Waals surface area contributed by atoms with Crippen LogP contribution < -0.4 is 14.8 Å². The van der Waals surface area contributed by atoms with Crippen molar-refractivity contribution in [1.82, 2.24) is 9.97 Å². The number of anilines is 1. The third-order valence-electron chi connectivity index (χ3n) is 2.56. The van der Waals surface area contributed by atoms with Crippen molar-refractivity contribution in [2.45, 2.75) is 20.3 Å². The van der Waals surface area contributed by atoms with Gasteiger partial charge in [0.2, 0.25) is 11.8 Å². The first-order valence-corrected chi connectivity index (χ1v) is 6.90. The zero-order valence-electron chi connectivity index (χ0n) is 12.1. The minimum atomic E-state index is -0.608. The fourth-order valence-corrected chi connectivity index (χ4v) is 1.60. The molecule has 1 N–H and O–H groups in total. The number of aromatic nitrogens is 2. The molecule has 0 amide bonds. The zero-order chi connectivity index (χ0) is 15.1. The number of hydrogen-bond acceptors (Lipinski definition) is 5. The van der Waals surface area contributed by atoms with Gasteiger partial charge in [-0.3, -0.25) is 0 Å². The summed E-state index contributed by atoms with van der Waals surface area (Å²) in [6.45, 7) is 5.25. The van der Waals surface area contributed by atoms with E-state index in [1.54, 1.807) is 24.3 Å². The van der Waals surface area contributed by atoms with Crippen LogP contribution in [0.15, 0.2) is 30.5 Å². The highest BCUT2D eigenvalue weighted by Gasteiger charge is 2.09. The second-order valence-corrected chi connectivity index (χ2v) is 4.30. The average Bonchev–Trinajstić information content (AvgIpc) is 2.50. The highest BCUT2D eigenvalue weighted by Crippen LogP contribution is 2.25. The molecule has 112 valence electrons. The SMILES string of the molecule is CCCOc1ccc(Oc2nc(NCC)ncc2F)cc1. The maximum Gasteiger partial charge on any atom is 0.260 e. The zero-order valence-corrected chi connectivity index (χ0v) is 12.1. The van der Waals surface area contributed by atoms with E-state index in [4.69, 9.17) is 9.47 Å². The molecule has 0 fully saturated rings. The first-order valence-electron chi connectivity index (χ1n) is 6.90. The normalized spacial score (nSPS) is 10.2. The molecular formula is C15H18FN3O2. The van der Waals surface area contributed by atoms with E-state index in [1.165, 1.54) is 0 Å². The highest BCUT2D eigenvalue weighted by molar-refractivity contribution is 5.35. The van der Waals surface area contributed by atoms with Gasteiger partial charge in [-0.2, -0.15) is 9.37 Å². The van der Waals surface area contributed by atoms with Crippen LogP contribution in [-0.4, -0.2) is 23.1 Å². The lowest BCUT2D eigenvalue weighted by atomic mass is 10.3. The lowest BCUT2D eigenvalue weighted by molar-refractivity contribution is 0.317. The fraction of sp³-hybridized carbons (Fsp3) is 0.333. The van der Waals surface area contributed by atoms with Gasteiger partial charge >= 0.3 is 0 Å². The van der Waals surface area contributed by atoms with Crippen LogP contribution in [-0.2, 0) is 0 Å². The maximum atomic E-state index is 13.6. The van der Waals surface area contributed by atoms with Gasteiger partial charge < -0.3 is 14.8 Å². The molecule has 0 unspecified atom stereocenters. The fourth-order valence-electron chi connectivity index (χ4n) is 1.60. The van der Waals surface area contributed by atoms with Crippen LogP contribution in [0, 0.1) is 5.82 Å². The summed E-state index contributed by atoms with van der Waals surface area (Å²) in [7, 11) is 0. The Morgan fingerprint density at radius 2 is 1.86 bits per heavy atom. The second-order valence-electron chi connectivity index (χ2n) is 4.30. The molecule has 1 heterocycles. The van der Waals surface area contributed by atoms with Gasteiger partial charge in [-0.15, -0.1) is 0 Å². The molecule has 0 radical (unpaired) electrons. The Morgan fingerprint density at radius 1 is 1.14 bits per heavy atom. The van der Waals surface area contributed by atoms with Crippen molar-refractivity contribution in [3.05, 3.63) is 36.3 Å². The van der Waals surface area contributed by atoms with E-state index in [0.29, 0.717) is 24.8 Å². The minimum absolute atomic E-state index is 0.108. The van der Waals surface area contributed by atoms with Crippen molar-refractivity contribution in [2.24, 2.45) is 0 Å². The number of nitrogens with zero attached hydrogens (tertiary/aromatic N) is 2. The second kappa shape index (κ2) is 7.42. The van der Waals surface area contributed by atoms with Gasteiger partial charge in [0.05, 0.1) is 12.8 Å². The first-order chi connectivity index (χ1) is 10.2. The molecule has 6 heteroatoms. The van der Waals surface area contributed by atoms with Crippen LogP contribution in [0.25, 0.3) is 0 Å². The summed E-state index contributed by atoms with van der Waals surface area (Å²) in [5.41, 5.74) is 0. The molecule has 0 spiro atoms. The van der Waals surface area contributed by atoms with E-state index in [2.05, 4.69) is 15.3 Å². The van der Waals surface area contributed by atoms with Crippen LogP contribution in [0.4, 0.5) is 10.3 Å². The Balaban J connectivity index is 2.08. The van der Waals surface area contributed by atoms with E-state index in [1.807, 2.05) is 13.8 Å². The number of rotatable bonds is 7. The van der Waals surface area contributed by atoms with Crippen molar-refractivity contribution >= 4 is 5.95 Å². The molecule has 0 saturated carbocycles. The predicted molar refractivity (Wildman–Crippen MR) is 78.5 cm³/mol. The van der Waals surface area contributed by atoms with Gasteiger partial charge in [0.25, 0.3) is 5.88 Å². The number of halogens is 1. The highest BCUT2D eigenvalue weighted by atomic mass is 19.1. The molecule has 0 aliphatic heterocycles. The van der Waals surface area contributed by atoms with E-state index >= 15 is 0 Å². The third kappa shape index (κ3) is 4.30. The molecule has 2 rings (SSSR count). The molecule has 0 aliphatic carbocycles. The number of ether oxygens (including phenoxy) is 2. The lowest BCUT2D eigenvalue weighted by Crippen LogP contribution is -2.04. The Morgan fingerprint density at radius 3 is 2.52 bits per heavy atom. The summed E-state index contributed by atoms with van der Waals surface area (Å²) in [6.07, 6.45) is 2.02. The number of nitrogens with one attached hydrogen (secondary N) is 1. The molecular weight excluding hydrogens is 273 g/mol. The van der Waals surface area contributed by atoms with Crippen LogP contribution in [0.2, 0.25) is 0 Å². The lowest BCUT2D eigenvalue weighted by Gasteiger charge is -2.09. The Labute approximate surface area is 123 Å². The van der Waals surface area contributed by atoms with Gasteiger partial charge in [0, 0.05) is 6.54 Å². The van der Waals surface area contributed by atoms with Crippen LogP contribution in [0.5, 0.6) is 17.4 Å². The molecule has 0 atom stereocenters. The number of hydrogen-bond donors (Lipinski definition) is 1. The predicted octanol–water partition coefficient (Wildman–Crippen LogP) is 3.63. The topological polar surface area (TPSA) is 56.3 Å². The summed E-state index contributed by atoms with van der Waals surface area (Å²) >= 11 is 0. The van der Waals surface area contributed by atoms with Crippen molar-refractivity contribution < 1.29 is 13.9 Å². The smallest absolute Gasteiger partial charge is 0.260 e. The maximum absolute atomic E-state index is 13.6. The third-order valence-corrected chi connectivity index (χ3v) is 2.56. The molecule has 0 saturated heterocycles. The number of benzene rings is 1. The van der Waals surface area contributed by atoms with Crippen molar-refractivity contribution in [2.75, 3.05) is 18.5 Å². The Kier molecular flexibility index (Phi) is 5.31. The van der Waals surface area contributed by atoms with E-state index in [0.717, 1.165) is 18.4 Å². The quantitative estimate of drug-likeness (QED) is 0.844. The molecule has 1 aromatic carbocycles. The molecule has 0 bridgehead atoms. The van der Waals surface area contributed by atoms with Gasteiger partial charge in [-0.25, -0.2) is 4.98 Å². The summed E-state index contributed by atoms with van der Waals surface area (Å²) in [5.74, 6) is 0.850. The van der Waals surface area contributed by atoms with Gasteiger partial charge in [0.15, 0.2) is 0 Å². The monoisotopic (exact) mass is 291 g/mol. The van der Waals surface area contributed by atoms with E-state index in [9.17, 15) is 4.39 Å². The Hall–Kier alpha value is -2.37. The van der Waals surface area contributed by atoms with Crippen LogP contribution in [0.1, 0.15) is 20.3 Å². The van der Waals surface area contributed by atoms with Gasteiger partial charge in [-0.05, 0) is 37.6 Å². The molecule has 5 nitrogen and oxygen atoms in total. The largest absolute Gasteiger partial charge is 0.494 e. The van der Waals surface area contributed by atoms with Crippen molar-refractivity contribution in [1.29, 1.82) is 0 Å². The molecule has 21 heavy (non-hydrogen) atoms. The molecule has 2 aromatic rings. The summed E-state index contributed by atoms with van der Waals surface area (Å²) < 4.78 is 24.5. The Bertz CT molecular complexity index is 576. The first kappa shape index (κ1) is 15.0. The van der Waals surface area contributed by atoms with Crippen molar-refractivity contribution in [3.8, 4) is 17.4 Å². The van der Waals surface area contributed by atoms with Crippen LogP contribution >= 0.6 is 0 Å². The van der Waals surface area contributed by atoms with Crippen molar-refractivity contribution in [3.63, 3.8) is 0 Å². The average molecular weight is 291 g/mol. The van der Waals surface area contributed by atoms with Crippen LogP contribution in [0.3, 0.4) is 0 Å². The molecule has 0 aliphatic rings.